The summed E-state index contributed by atoms with van der Waals surface area (Å²) in [7, 11) is -1.99. The molecule has 35 heavy (non-hydrogen) atoms. The topological polar surface area (TPSA) is 97.7 Å². The first-order valence-corrected chi connectivity index (χ1v) is 12.9. The molecule has 0 atom stereocenters. The van der Waals surface area contributed by atoms with E-state index >= 15 is 0 Å². The zero-order chi connectivity index (χ0) is 25.2. The summed E-state index contributed by atoms with van der Waals surface area (Å²) in [6.45, 7) is 4.76. The first-order valence-electron chi connectivity index (χ1n) is 11.5. The van der Waals surface area contributed by atoms with Crippen molar-refractivity contribution in [1.29, 1.82) is 0 Å². The van der Waals surface area contributed by atoms with Crippen LogP contribution in [0.3, 0.4) is 0 Å². The lowest BCUT2D eigenvalue weighted by atomic mass is 10.1. The third kappa shape index (κ3) is 5.74. The highest BCUT2D eigenvalue weighted by Crippen LogP contribution is 2.22. The summed E-state index contributed by atoms with van der Waals surface area (Å²) in [4.78, 5) is 26.9. The van der Waals surface area contributed by atoms with Gasteiger partial charge in [-0.15, -0.1) is 0 Å². The Hall–Kier alpha value is -3.59. The maximum absolute atomic E-state index is 12.9. The summed E-state index contributed by atoms with van der Waals surface area (Å²) in [5.74, 6) is 0.444. The molecule has 0 unspecified atom stereocenters. The lowest BCUT2D eigenvalue weighted by Gasteiger charge is -2.32. The Morgan fingerprint density at radius 1 is 1.00 bits per heavy atom. The Morgan fingerprint density at radius 2 is 1.69 bits per heavy atom. The molecule has 0 radical (unpaired) electrons. The first-order chi connectivity index (χ1) is 16.6. The van der Waals surface area contributed by atoms with Crippen molar-refractivity contribution in [3.8, 4) is 5.75 Å². The van der Waals surface area contributed by atoms with E-state index in [0.717, 1.165) is 11.3 Å². The molecule has 1 amide bonds. The molecule has 1 saturated heterocycles. The number of pyridine rings is 1. The maximum atomic E-state index is 12.9. The van der Waals surface area contributed by atoms with Gasteiger partial charge in [0.1, 0.15) is 11.9 Å². The van der Waals surface area contributed by atoms with Crippen LogP contribution in [0.25, 0.3) is 0 Å². The number of nitrogens with zero attached hydrogens (tertiary/aromatic N) is 2. The number of nitrogens with one attached hydrogen (secondary N) is 1. The van der Waals surface area contributed by atoms with E-state index in [4.69, 9.17) is 4.74 Å². The number of hydrogen-bond donors (Lipinski definition) is 1. The summed E-state index contributed by atoms with van der Waals surface area (Å²) >= 11 is 0. The van der Waals surface area contributed by atoms with E-state index in [-0.39, 0.29) is 22.5 Å². The van der Waals surface area contributed by atoms with Crippen LogP contribution in [0.15, 0.2) is 70.4 Å². The summed E-state index contributed by atoms with van der Waals surface area (Å²) in [5, 5.41) is 0. The molecule has 0 spiro atoms. The molecular weight excluding hydrogens is 466 g/mol. The quantitative estimate of drug-likeness (QED) is 0.565. The van der Waals surface area contributed by atoms with E-state index < -0.39 is 10.0 Å². The van der Waals surface area contributed by atoms with Crippen LogP contribution in [-0.2, 0) is 17.1 Å². The number of benzene rings is 2. The molecule has 0 aliphatic carbocycles. The average Bonchev–Trinajstić information content (AvgIpc) is 2.83. The van der Waals surface area contributed by atoms with Crippen molar-refractivity contribution in [2.75, 3.05) is 17.8 Å². The second kappa shape index (κ2) is 9.95. The SMILES string of the molecule is Cc1cccc(S(=O)(=O)Nc2ccc(C(=O)N3CCC(Oc4cc(C)n(C)c(=O)c4)CC3)cc2)c1. The van der Waals surface area contributed by atoms with E-state index in [1.54, 1.807) is 59.0 Å². The minimum atomic E-state index is -3.71. The third-order valence-corrected chi connectivity index (χ3v) is 7.57. The van der Waals surface area contributed by atoms with Crippen LogP contribution in [0.5, 0.6) is 5.75 Å². The predicted octanol–water partition coefficient (Wildman–Crippen LogP) is 3.49. The van der Waals surface area contributed by atoms with Gasteiger partial charge in [-0.1, -0.05) is 12.1 Å². The van der Waals surface area contributed by atoms with Gasteiger partial charge < -0.3 is 14.2 Å². The summed E-state index contributed by atoms with van der Waals surface area (Å²) in [6.07, 6.45) is 1.26. The van der Waals surface area contributed by atoms with Gasteiger partial charge in [-0.25, -0.2) is 8.42 Å². The monoisotopic (exact) mass is 495 g/mol. The molecule has 0 saturated carbocycles. The number of sulfonamides is 1. The van der Waals surface area contributed by atoms with Crippen molar-refractivity contribution in [2.45, 2.75) is 37.7 Å². The van der Waals surface area contributed by atoms with E-state index in [0.29, 0.717) is 42.9 Å². The largest absolute Gasteiger partial charge is 0.490 e. The normalized spacial score (nSPS) is 14.5. The molecular formula is C26H29N3O5S. The van der Waals surface area contributed by atoms with Gasteiger partial charge in [0.15, 0.2) is 0 Å². The molecule has 1 aliphatic heterocycles. The van der Waals surface area contributed by atoms with Crippen LogP contribution in [0.4, 0.5) is 5.69 Å². The molecule has 9 heteroatoms. The fourth-order valence-corrected chi connectivity index (χ4v) is 5.20. The third-order valence-electron chi connectivity index (χ3n) is 6.19. The summed E-state index contributed by atoms with van der Waals surface area (Å²) in [6, 6.07) is 16.4. The summed E-state index contributed by atoms with van der Waals surface area (Å²) < 4.78 is 35.4. The van der Waals surface area contributed by atoms with Gasteiger partial charge in [-0.05, 0) is 61.9 Å². The smallest absolute Gasteiger partial charge is 0.261 e. The fourth-order valence-electron chi connectivity index (χ4n) is 4.03. The highest BCUT2D eigenvalue weighted by molar-refractivity contribution is 7.92. The van der Waals surface area contributed by atoms with Gasteiger partial charge in [0.05, 0.1) is 4.90 Å². The first kappa shape index (κ1) is 24.5. The molecule has 2 aromatic carbocycles. The molecule has 0 bridgehead atoms. The Kier molecular flexibility index (Phi) is 6.98. The lowest BCUT2D eigenvalue weighted by molar-refractivity contribution is 0.0595. The Morgan fingerprint density at radius 3 is 2.31 bits per heavy atom. The van der Waals surface area contributed by atoms with E-state index in [2.05, 4.69) is 4.72 Å². The highest BCUT2D eigenvalue weighted by atomic mass is 32.2. The van der Waals surface area contributed by atoms with E-state index in [1.807, 2.05) is 26.0 Å². The Bertz CT molecular complexity index is 1390. The zero-order valence-corrected chi connectivity index (χ0v) is 20.8. The average molecular weight is 496 g/mol. The molecule has 1 N–H and O–H groups in total. The molecule has 3 aromatic rings. The number of likely N-dealkylation sites (tertiary alicyclic amines) is 1. The van der Waals surface area contributed by atoms with Crippen LogP contribution in [0.2, 0.25) is 0 Å². The number of carbonyl (C=O) groups excluding carboxylic acids is 1. The van der Waals surface area contributed by atoms with Crippen molar-refractivity contribution in [1.82, 2.24) is 9.47 Å². The number of carbonyl (C=O) groups is 1. The van der Waals surface area contributed by atoms with Crippen LogP contribution in [0.1, 0.15) is 34.5 Å². The number of hydrogen-bond acceptors (Lipinski definition) is 5. The maximum Gasteiger partial charge on any atom is 0.261 e. The van der Waals surface area contributed by atoms with Crippen molar-refractivity contribution in [3.63, 3.8) is 0 Å². The Balaban J connectivity index is 1.34. The Labute approximate surface area is 205 Å². The number of aromatic nitrogens is 1. The van der Waals surface area contributed by atoms with Gasteiger partial charge in [-0.2, -0.15) is 0 Å². The van der Waals surface area contributed by atoms with Crippen LogP contribution >= 0.6 is 0 Å². The van der Waals surface area contributed by atoms with Gasteiger partial charge in [0.2, 0.25) is 0 Å². The van der Waals surface area contributed by atoms with Crippen LogP contribution in [0, 0.1) is 13.8 Å². The van der Waals surface area contributed by atoms with Gasteiger partial charge in [-0.3, -0.25) is 14.3 Å². The lowest BCUT2D eigenvalue weighted by Crippen LogP contribution is -2.41. The molecule has 184 valence electrons. The van der Waals surface area contributed by atoms with E-state index in [9.17, 15) is 18.0 Å². The summed E-state index contributed by atoms with van der Waals surface area (Å²) in [5.41, 5.74) is 2.44. The zero-order valence-electron chi connectivity index (χ0n) is 20.0. The molecule has 8 nitrogen and oxygen atoms in total. The van der Waals surface area contributed by atoms with Gasteiger partial charge >= 0.3 is 0 Å². The second-order valence-electron chi connectivity index (χ2n) is 8.84. The number of anilines is 1. The van der Waals surface area contributed by atoms with Gasteiger partial charge in [0.25, 0.3) is 21.5 Å². The molecule has 2 heterocycles. The number of rotatable bonds is 6. The van der Waals surface area contributed by atoms with Crippen molar-refractivity contribution in [2.24, 2.45) is 7.05 Å². The fraction of sp³-hybridized carbons (Fsp3) is 0.308. The van der Waals surface area contributed by atoms with Crippen molar-refractivity contribution < 1.29 is 17.9 Å². The second-order valence-corrected chi connectivity index (χ2v) is 10.5. The number of amides is 1. The van der Waals surface area contributed by atoms with Crippen molar-refractivity contribution >= 4 is 21.6 Å². The molecule has 1 aliphatic rings. The van der Waals surface area contributed by atoms with E-state index in [1.165, 1.54) is 6.07 Å². The van der Waals surface area contributed by atoms with Gasteiger partial charge in [0, 0.05) is 56.0 Å². The number of aryl methyl sites for hydroxylation is 2. The molecule has 4 rings (SSSR count). The minimum Gasteiger partial charge on any atom is -0.490 e. The number of ether oxygens (including phenoxy) is 1. The van der Waals surface area contributed by atoms with Crippen molar-refractivity contribution in [3.05, 3.63) is 87.8 Å². The van der Waals surface area contributed by atoms with Crippen LogP contribution in [-0.4, -0.2) is 43.0 Å². The molecule has 1 aromatic heterocycles. The van der Waals surface area contributed by atoms with Crippen LogP contribution < -0.4 is 15.0 Å². The number of piperidine rings is 1. The molecule has 1 fully saturated rings. The minimum absolute atomic E-state index is 0.0658. The predicted molar refractivity (Wildman–Crippen MR) is 134 cm³/mol. The standard InChI is InChI=1S/C26H29N3O5S/c1-18-5-4-6-24(15-18)35(32,33)27-21-9-7-20(8-10-21)26(31)29-13-11-22(12-14-29)34-23-16-19(2)28(3)25(30)17-23/h4-10,15-17,22,27H,11-14H2,1-3H3. The highest BCUT2D eigenvalue weighted by Gasteiger charge is 2.25.